The van der Waals surface area contributed by atoms with Crippen molar-refractivity contribution in [3.63, 3.8) is 0 Å². The predicted molar refractivity (Wildman–Crippen MR) is 86.1 cm³/mol. The zero-order valence-electron chi connectivity index (χ0n) is 10.4. The van der Waals surface area contributed by atoms with E-state index in [4.69, 9.17) is 5.73 Å². The SMILES string of the molecule is NCC#Cc1cccc(CSc2cccc(Br)c2)c1. The van der Waals surface area contributed by atoms with Gasteiger partial charge in [-0.25, -0.2) is 0 Å². The van der Waals surface area contributed by atoms with Gasteiger partial charge >= 0.3 is 0 Å². The Bertz CT molecular complexity index is 613. The third-order valence-electron chi connectivity index (χ3n) is 2.46. The number of benzene rings is 2. The summed E-state index contributed by atoms with van der Waals surface area (Å²) >= 11 is 5.30. The normalized spacial score (nSPS) is 9.79. The van der Waals surface area contributed by atoms with Crippen molar-refractivity contribution in [2.45, 2.75) is 10.6 Å². The molecule has 0 amide bonds. The second-order valence-corrected chi connectivity index (χ2v) is 5.92. The Kier molecular flexibility index (Phi) is 5.53. The van der Waals surface area contributed by atoms with Crippen LogP contribution in [0, 0.1) is 11.8 Å². The molecule has 0 aromatic heterocycles. The van der Waals surface area contributed by atoms with Crippen LogP contribution in [-0.4, -0.2) is 6.54 Å². The minimum absolute atomic E-state index is 0.400. The largest absolute Gasteiger partial charge is 0.320 e. The monoisotopic (exact) mass is 331 g/mol. The molecule has 0 saturated heterocycles. The first-order valence-electron chi connectivity index (χ1n) is 5.94. The first-order valence-corrected chi connectivity index (χ1v) is 7.72. The van der Waals surface area contributed by atoms with Crippen LogP contribution in [0.1, 0.15) is 11.1 Å². The highest BCUT2D eigenvalue weighted by atomic mass is 79.9. The molecule has 19 heavy (non-hydrogen) atoms. The van der Waals surface area contributed by atoms with E-state index in [1.54, 1.807) is 0 Å². The van der Waals surface area contributed by atoms with Gasteiger partial charge in [0.15, 0.2) is 0 Å². The van der Waals surface area contributed by atoms with Crippen molar-refractivity contribution in [2.24, 2.45) is 5.73 Å². The molecule has 96 valence electrons. The Morgan fingerprint density at radius 3 is 2.74 bits per heavy atom. The molecule has 0 aliphatic rings. The van der Waals surface area contributed by atoms with Gasteiger partial charge in [0, 0.05) is 20.7 Å². The summed E-state index contributed by atoms with van der Waals surface area (Å²) in [6.45, 7) is 0.400. The van der Waals surface area contributed by atoms with Gasteiger partial charge in [-0.2, -0.15) is 0 Å². The molecule has 2 rings (SSSR count). The second kappa shape index (κ2) is 7.40. The molecule has 0 spiro atoms. The highest BCUT2D eigenvalue weighted by molar-refractivity contribution is 9.10. The van der Waals surface area contributed by atoms with Crippen LogP contribution in [0.3, 0.4) is 0 Å². The van der Waals surface area contributed by atoms with Crippen molar-refractivity contribution in [3.8, 4) is 11.8 Å². The molecule has 0 bridgehead atoms. The van der Waals surface area contributed by atoms with Crippen LogP contribution in [0.2, 0.25) is 0 Å². The van der Waals surface area contributed by atoms with Crippen LogP contribution in [0.15, 0.2) is 57.9 Å². The fraction of sp³-hybridized carbons (Fsp3) is 0.125. The summed E-state index contributed by atoms with van der Waals surface area (Å²) in [5, 5.41) is 0. The molecular weight excluding hydrogens is 318 g/mol. The van der Waals surface area contributed by atoms with E-state index in [2.05, 4.69) is 58.1 Å². The van der Waals surface area contributed by atoms with Crippen molar-refractivity contribution in [1.29, 1.82) is 0 Å². The maximum Gasteiger partial charge on any atom is 0.0555 e. The van der Waals surface area contributed by atoms with Gasteiger partial charge in [0.25, 0.3) is 0 Å². The Balaban J connectivity index is 2.03. The van der Waals surface area contributed by atoms with Crippen molar-refractivity contribution in [3.05, 3.63) is 64.1 Å². The number of nitrogens with two attached hydrogens (primary N) is 1. The molecule has 0 atom stereocenters. The second-order valence-electron chi connectivity index (χ2n) is 3.95. The van der Waals surface area contributed by atoms with Gasteiger partial charge < -0.3 is 5.73 Å². The molecule has 0 aliphatic heterocycles. The maximum atomic E-state index is 5.38. The van der Waals surface area contributed by atoms with Gasteiger partial charge in [0.1, 0.15) is 0 Å². The lowest BCUT2D eigenvalue weighted by Crippen LogP contribution is -1.93. The quantitative estimate of drug-likeness (QED) is 0.678. The lowest BCUT2D eigenvalue weighted by Gasteiger charge is -2.03. The van der Waals surface area contributed by atoms with E-state index in [-0.39, 0.29) is 0 Å². The molecule has 1 nitrogen and oxygen atoms in total. The Hall–Kier alpha value is -1.21. The van der Waals surface area contributed by atoms with E-state index in [0.717, 1.165) is 15.8 Å². The van der Waals surface area contributed by atoms with Gasteiger partial charge in [0.05, 0.1) is 6.54 Å². The van der Waals surface area contributed by atoms with Crippen LogP contribution in [0.25, 0.3) is 0 Å². The smallest absolute Gasteiger partial charge is 0.0555 e. The molecule has 0 aliphatic carbocycles. The van der Waals surface area contributed by atoms with E-state index in [1.807, 2.05) is 30.0 Å². The summed E-state index contributed by atoms with van der Waals surface area (Å²) in [6.07, 6.45) is 0. The van der Waals surface area contributed by atoms with Gasteiger partial charge in [-0.05, 0) is 35.9 Å². The first-order chi connectivity index (χ1) is 9.28. The summed E-state index contributed by atoms with van der Waals surface area (Å²) < 4.78 is 1.11. The Morgan fingerprint density at radius 2 is 1.95 bits per heavy atom. The maximum absolute atomic E-state index is 5.38. The van der Waals surface area contributed by atoms with Crippen molar-refractivity contribution < 1.29 is 0 Å². The lowest BCUT2D eigenvalue weighted by atomic mass is 10.1. The van der Waals surface area contributed by atoms with E-state index in [9.17, 15) is 0 Å². The van der Waals surface area contributed by atoms with E-state index >= 15 is 0 Å². The van der Waals surface area contributed by atoms with E-state index < -0.39 is 0 Å². The molecule has 3 heteroatoms. The molecule has 0 heterocycles. The van der Waals surface area contributed by atoms with Gasteiger partial charge in [-0.3, -0.25) is 0 Å². The van der Waals surface area contributed by atoms with Crippen LogP contribution in [0.4, 0.5) is 0 Å². The van der Waals surface area contributed by atoms with Crippen molar-refractivity contribution in [1.82, 2.24) is 0 Å². The van der Waals surface area contributed by atoms with Crippen LogP contribution < -0.4 is 5.73 Å². The number of rotatable bonds is 3. The highest BCUT2D eigenvalue weighted by Gasteiger charge is 1.98. The molecule has 0 radical (unpaired) electrons. The fourth-order valence-electron chi connectivity index (χ4n) is 1.62. The fourth-order valence-corrected chi connectivity index (χ4v) is 3.06. The molecule has 0 saturated carbocycles. The summed E-state index contributed by atoms with van der Waals surface area (Å²) in [5.74, 6) is 6.88. The molecule has 2 aromatic rings. The Labute approximate surface area is 126 Å². The van der Waals surface area contributed by atoms with Crippen LogP contribution >= 0.6 is 27.7 Å². The minimum atomic E-state index is 0.400. The highest BCUT2D eigenvalue weighted by Crippen LogP contribution is 2.25. The third-order valence-corrected chi connectivity index (χ3v) is 4.02. The molecule has 0 unspecified atom stereocenters. The number of hydrogen-bond acceptors (Lipinski definition) is 2. The third kappa shape index (κ3) is 4.76. The molecular formula is C16H14BrNS. The van der Waals surface area contributed by atoms with E-state index in [0.29, 0.717) is 6.54 Å². The lowest BCUT2D eigenvalue weighted by molar-refractivity contribution is 1.30. The van der Waals surface area contributed by atoms with Crippen molar-refractivity contribution in [2.75, 3.05) is 6.54 Å². The standard InChI is InChI=1S/C16H14BrNS/c17-15-7-2-8-16(11-15)19-12-14-5-1-4-13(10-14)6-3-9-18/h1-2,4-5,7-8,10-11H,9,12,18H2. The molecule has 2 aromatic carbocycles. The molecule has 0 fully saturated rings. The minimum Gasteiger partial charge on any atom is -0.320 e. The topological polar surface area (TPSA) is 26.0 Å². The summed E-state index contributed by atoms with van der Waals surface area (Å²) in [6, 6.07) is 16.6. The Morgan fingerprint density at radius 1 is 1.11 bits per heavy atom. The average molecular weight is 332 g/mol. The van der Waals surface area contributed by atoms with Gasteiger partial charge in [-0.1, -0.05) is 46.0 Å². The predicted octanol–water partition coefficient (Wildman–Crippen LogP) is 4.05. The number of thioether (sulfide) groups is 1. The summed E-state index contributed by atoms with van der Waals surface area (Å²) in [4.78, 5) is 1.26. The summed E-state index contributed by atoms with van der Waals surface area (Å²) in [5.41, 5.74) is 7.68. The zero-order valence-corrected chi connectivity index (χ0v) is 12.8. The average Bonchev–Trinajstić information content (AvgIpc) is 2.43. The number of hydrogen-bond donors (Lipinski definition) is 1. The number of halogens is 1. The zero-order chi connectivity index (χ0) is 13.5. The molecule has 2 N–H and O–H groups in total. The first kappa shape index (κ1) is 14.2. The van der Waals surface area contributed by atoms with Gasteiger partial charge in [-0.15, -0.1) is 11.8 Å². The van der Waals surface area contributed by atoms with Crippen molar-refractivity contribution >= 4 is 27.7 Å². The summed E-state index contributed by atoms with van der Waals surface area (Å²) in [7, 11) is 0. The van der Waals surface area contributed by atoms with Gasteiger partial charge in [0.2, 0.25) is 0 Å². The van der Waals surface area contributed by atoms with Crippen LogP contribution in [-0.2, 0) is 5.75 Å². The van der Waals surface area contributed by atoms with E-state index in [1.165, 1.54) is 10.5 Å². The van der Waals surface area contributed by atoms with Crippen LogP contribution in [0.5, 0.6) is 0 Å².